The highest BCUT2D eigenvalue weighted by atomic mass is 32.2. The number of sulfonamides is 1. The zero-order valence-corrected chi connectivity index (χ0v) is 18.8. The van der Waals surface area contributed by atoms with E-state index in [0.717, 1.165) is 17.4 Å². The molecule has 0 spiro atoms. The average Bonchev–Trinajstić information content (AvgIpc) is 2.80. The van der Waals surface area contributed by atoms with E-state index in [2.05, 4.69) is 15.5 Å². The van der Waals surface area contributed by atoms with Crippen LogP contribution in [0.3, 0.4) is 0 Å². The first-order valence-corrected chi connectivity index (χ1v) is 11.7. The summed E-state index contributed by atoms with van der Waals surface area (Å²) in [5.41, 5.74) is 4.93. The molecule has 0 saturated carbocycles. The van der Waals surface area contributed by atoms with E-state index in [1.54, 1.807) is 30.3 Å². The van der Waals surface area contributed by atoms with Crippen molar-refractivity contribution in [3.05, 3.63) is 71.1 Å². The van der Waals surface area contributed by atoms with E-state index in [0.29, 0.717) is 24.3 Å². The molecule has 1 aliphatic heterocycles. The van der Waals surface area contributed by atoms with Gasteiger partial charge in [-0.2, -0.15) is 4.72 Å². The first kappa shape index (κ1) is 24.2. The van der Waals surface area contributed by atoms with Crippen LogP contribution in [0.1, 0.15) is 40.4 Å². The molecule has 0 fully saturated rings. The molecule has 2 aromatic carbocycles. The lowest BCUT2D eigenvalue weighted by atomic mass is 9.99. The molecule has 1 heterocycles. The summed E-state index contributed by atoms with van der Waals surface area (Å²) in [6.45, 7) is 2.25. The summed E-state index contributed by atoms with van der Waals surface area (Å²) >= 11 is 0. The van der Waals surface area contributed by atoms with E-state index in [4.69, 9.17) is 10.6 Å². The van der Waals surface area contributed by atoms with Gasteiger partial charge in [0.1, 0.15) is 18.1 Å². The van der Waals surface area contributed by atoms with Crippen molar-refractivity contribution in [1.29, 1.82) is 0 Å². The molecule has 0 amide bonds. The molecule has 10 nitrogen and oxygen atoms in total. The molecule has 0 aliphatic carbocycles. The van der Waals surface area contributed by atoms with Crippen molar-refractivity contribution >= 4 is 22.3 Å². The van der Waals surface area contributed by atoms with Crippen molar-refractivity contribution in [2.45, 2.75) is 36.7 Å². The third-order valence-corrected chi connectivity index (χ3v) is 6.70. The van der Waals surface area contributed by atoms with Gasteiger partial charge in [0.25, 0.3) is 0 Å². The Kier molecular flexibility index (Phi) is 7.69. The summed E-state index contributed by atoms with van der Waals surface area (Å²) < 4.78 is 33.1. The predicted octanol–water partition coefficient (Wildman–Crippen LogP) is 1.35. The molecule has 176 valence electrons. The number of aldehydes is 1. The summed E-state index contributed by atoms with van der Waals surface area (Å²) in [6, 6.07) is 9.60. The Balaban J connectivity index is 1.73. The van der Waals surface area contributed by atoms with Crippen LogP contribution in [-0.2, 0) is 14.8 Å². The first-order valence-electron chi connectivity index (χ1n) is 10.2. The van der Waals surface area contributed by atoms with Gasteiger partial charge in [-0.1, -0.05) is 29.8 Å². The second-order valence-corrected chi connectivity index (χ2v) is 9.33. The Morgan fingerprint density at radius 1 is 1.27 bits per heavy atom. The number of carbonyl (C=O) groups excluding carboxylic acids is 1. The lowest BCUT2D eigenvalue weighted by Gasteiger charge is -2.27. The number of ether oxygens (including phenoxy) is 1. The van der Waals surface area contributed by atoms with Gasteiger partial charge in [0.05, 0.1) is 17.5 Å². The Labute approximate surface area is 191 Å². The maximum atomic E-state index is 12.6. The van der Waals surface area contributed by atoms with Gasteiger partial charge < -0.3 is 20.6 Å². The van der Waals surface area contributed by atoms with E-state index < -0.39 is 22.0 Å². The van der Waals surface area contributed by atoms with Crippen LogP contribution in [0.15, 0.2) is 59.3 Å². The quantitative estimate of drug-likeness (QED) is 0.194. The van der Waals surface area contributed by atoms with Crippen molar-refractivity contribution < 1.29 is 27.9 Å². The number of carboxylic acid groups (broad SMARTS) is 1. The van der Waals surface area contributed by atoms with Crippen LogP contribution >= 0.6 is 0 Å². The number of benzene rings is 2. The summed E-state index contributed by atoms with van der Waals surface area (Å²) in [5.74, 6) is 4.82. The van der Waals surface area contributed by atoms with Gasteiger partial charge in [0.2, 0.25) is 10.0 Å². The minimum atomic E-state index is -4.05. The molecular weight excluding hydrogens is 448 g/mol. The lowest BCUT2D eigenvalue weighted by Crippen LogP contribution is -2.42. The van der Waals surface area contributed by atoms with Crippen LogP contribution in [0.5, 0.6) is 5.75 Å². The number of fused-ring (bicyclic) bond motifs is 1. The highest BCUT2D eigenvalue weighted by Gasteiger charge is 2.27. The second-order valence-electron chi connectivity index (χ2n) is 7.61. The van der Waals surface area contributed by atoms with Gasteiger partial charge in [0.15, 0.2) is 0 Å². The minimum absolute atomic E-state index is 0.0304. The Bertz CT molecular complexity index is 1150. The number of aryl methyl sites for hydroxylation is 1. The number of hydrogen-bond donors (Lipinski definition) is 5. The van der Waals surface area contributed by atoms with Crippen molar-refractivity contribution in [2.24, 2.45) is 5.84 Å². The number of aliphatic carboxylic acids is 1. The Morgan fingerprint density at radius 2 is 2.00 bits per heavy atom. The first-order chi connectivity index (χ1) is 15.7. The predicted molar refractivity (Wildman–Crippen MR) is 121 cm³/mol. The SMILES string of the molecule is Cc1ccc(S(=O)(=O)NC(C/C(=C/NC2CCOc3cc(C=O)ccc32)NN)C(=O)O)cc1. The molecule has 2 aromatic rings. The number of hydrazine groups is 1. The van der Waals surface area contributed by atoms with Gasteiger partial charge in [0, 0.05) is 35.9 Å². The number of hydrogen-bond acceptors (Lipinski definition) is 8. The minimum Gasteiger partial charge on any atom is -0.493 e. The number of carboxylic acids is 1. The van der Waals surface area contributed by atoms with Crippen molar-refractivity contribution in [3.63, 3.8) is 0 Å². The van der Waals surface area contributed by atoms with Gasteiger partial charge in [-0.05, 0) is 25.1 Å². The third kappa shape index (κ3) is 6.09. The number of nitrogens with one attached hydrogen (secondary N) is 3. The highest BCUT2D eigenvalue weighted by molar-refractivity contribution is 7.89. The standard InChI is InChI=1S/C22H26N4O6S/c1-14-2-5-17(6-3-14)33(30,31)26-20(22(28)29)11-16(25-23)12-24-19-8-9-32-21-10-15(13-27)4-7-18(19)21/h2-7,10,12-13,19-20,24-26H,8-9,11,23H2,1H3,(H,28,29)/b16-12-. The van der Waals surface area contributed by atoms with Crippen molar-refractivity contribution in [1.82, 2.24) is 15.5 Å². The molecule has 0 bridgehead atoms. The van der Waals surface area contributed by atoms with Gasteiger partial charge >= 0.3 is 5.97 Å². The maximum absolute atomic E-state index is 12.6. The molecule has 1 aliphatic rings. The van der Waals surface area contributed by atoms with Gasteiger partial charge in [-0.15, -0.1) is 0 Å². The topological polar surface area (TPSA) is 160 Å². The molecule has 3 rings (SSSR count). The summed E-state index contributed by atoms with van der Waals surface area (Å²) in [7, 11) is -4.05. The summed E-state index contributed by atoms with van der Waals surface area (Å²) in [5, 5.41) is 12.7. The summed E-state index contributed by atoms with van der Waals surface area (Å²) in [6.07, 6.45) is 2.67. The molecular formula is C22H26N4O6S. The molecule has 6 N–H and O–H groups in total. The maximum Gasteiger partial charge on any atom is 0.322 e. The van der Waals surface area contributed by atoms with E-state index in [1.165, 1.54) is 18.3 Å². The Morgan fingerprint density at radius 3 is 2.64 bits per heavy atom. The Hall–Kier alpha value is -3.41. The average molecular weight is 475 g/mol. The van der Waals surface area contributed by atoms with Crippen LogP contribution in [0.4, 0.5) is 0 Å². The lowest BCUT2D eigenvalue weighted by molar-refractivity contribution is -0.138. The molecule has 2 unspecified atom stereocenters. The van der Waals surface area contributed by atoms with E-state index in [9.17, 15) is 23.1 Å². The zero-order valence-electron chi connectivity index (χ0n) is 17.9. The van der Waals surface area contributed by atoms with Gasteiger partial charge in [-0.25, -0.2) is 8.42 Å². The third-order valence-electron chi connectivity index (χ3n) is 5.21. The fourth-order valence-electron chi connectivity index (χ4n) is 3.39. The number of carbonyl (C=O) groups is 2. The van der Waals surface area contributed by atoms with Crippen LogP contribution in [0.2, 0.25) is 0 Å². The van der Waals surface area contributed by atoms with Crippen molar-refractivity contribution in [2.75, 3.05) is 6.61 Å². The highest BCUT2D eigenvalue weighted by Crippen LogP contribution is 2.32. The molecule has 2 atom stereocenters. The summed E-state index contributed by atoms with van der Waals surface area (Å²) in [4.78, 5) is 22.7. The smallest absolute Gasteiger partial charge is 0.322 e. The fraction of sp³-hybridized carbons (Fsp3) is 0.273. The molecule has 0 aromatic heterocycles. The van der Waals surface area contributed by atoms with E-state index >= 15 is 0 Å². The fourth-order valence-corrected chi connectivity index (χ4v) is 4.57. The second kappa shape index (κ2) is 10.5. The molecule has 33 heavy (non-hydrogen) atoms. The normalized spacial score (nSPS) is 16.8. The zero-order chi connectivity index (χ0) is 24.0. The van der Waals surface area contributed by atoms with Crippen LogP contribution < -0.4 is 26.0 Å². The van der Waals surface area contributed by atoms with Crippen LogP contribution in [0.25, 0.3) is 0 Å². The van der Waals surface area contributed by atoms with Gasteiger partial charge in [-0.3, -0.25) is 15.4 Å². The van der Waals surface area contributed by atoms with Crippen molar-refractivity contribution in [3.8, 4) is 5.75 Å². The number of nitrogens with two attached hydrogens (primary N) is 1. The monoisotopic (exact) mass is 474 g/mol. The van der Waals surface area contributed by atoms with Crippen LogP contribution in [0, 0.1) is 6.92 Å². The van der Waals surface area contributed by atoms with E-state index in [1.807, 2.05) is 6.92 Å². The largest absolute Gasteiger partial charge is 0.493 e. The molecule has 11 heteroatoms. The van der Waals surface area contributed by atoms with E-state index in [-0.39, 0.29) is 23.1 Å². The number of rotatable bonds is 10. The van der Waals surface area contributed by atoms with Crippen LogP contribution in [-0.4, -0.2) is 38.4 Å². The molecule has 0 saturated heterocycles. The molecule has 0 radical (unpaired) electrons.